The summed E-state index contributed by atoms with van der Waals surface area (Å²) in [4.78, 5) is 57.6. The fourth-order valence-electron chi connectivity index (χ4n) is 5.76. The van der Waals surface area contributed by atoms with Crippen molar-refractivity contribution in [3.8, 4) is 0 Å². The van der Waals surface area contributed by atoms with E-state index in [1.54, 1.807) is 42.7 Å². The molecule has 6 rings (SSSR count). The van der Waals surface area contributed by atoms with E-state index in [4.69, 9.17) is 9.47 Å². The Balaban J connectivity index is 0.000000211. The minimum Gasteiger partial charge on any atom is -0.444 e. The monoisotopic (exact) mass is 804 g/mol. The maximum atomic E-state index is 12.2. The molecule has 23 heteroatoms. The number of hydrogen-bond donors (Lipinski definition) is 2. The first-order valence-electron chi connectivity index (χ1n) is 17.2. The Kier molecular flexibility index (Phi) is 12.0. The van der Waals surface area contributed by atoms with Gasteiger partial charge in [-0.15, -0.1) is 11.8 Å². The molecule has 0 radical (unpaired) electrons. The molecule has 2 N–H and O–H groups in total. The Labute approximate surface area is 322 Å². The number of carbonyl (C=O) groups excluding carboxylic acids is 2. The van der Waals surface area contributed by atoms with Crippen LogP contribution in [0.25, 0.3) is 11.3 Å². The summed E-state index contributed by atoms with van der Waals surface area (Å²) in [5, 5.41) is 37.8. The molecule has 21 nitrogen and oxygen atoms in total. The van der Waals surface area contributed by atoms with Crippen LogP contribution in [-0.4, -0.2) is 127 Å². The van der Waals surface area contributed by atoms with E-state index in [1.165, 1.54) is 33.2 Å². The maximum absolute atomic E-state index is 12.2. The van der Waals surface area contributed by atoms with Crippen LogP contribution in [0.1, 0.15) is 54.4 Å². The predicted molar refractivity (Wildman–Crippen MR) is 203 cm³/mol. The molecule has 2 amide bonds. The molecule has 2 aliphatic heterocycles. The van der Waals surface area contributed by atoms with Crippen molar-refractivity contribution in [2.24, 2.45) is 0 Å². The van der Waals surface area contributed by atoms with Crippen LogP contribution in [-0.2, 0) is 20.3 Å². The van der Waals surface area contributed by atoms with Gasteiger partial charge in [0.1, 0.15) is 45.3 Å². The fourth-order valence-corrected chi connectivity index (χ4v) is 6.95. The van der Waals surface area contributed by atoms with Gasteiger partial charge in [0.25, 0.3) is 0 Å². The molecule has 0 spiro atoms. The van der Waals surface area contributed by atoms with Crippen molar-refractivity contribution in [2.75, 3.05) is 49.3 Å². The van der Waals surface area contributed by atoms with Gasteiger partial charge >= 0.3 is 23.6 Å². The average Bonchev–Trinajstić information content (AvgIpc) is 3.89. The van der Waals surface area contributed by atoms with Crippen LogP contribution >= 0.6 is 11.8 Å². The second-order valence-corrected chi connectivity index (χ2v) is 16.9. The van der Waals surface area contributed by atoms with Gasteiger partial charge in [-0.2, -0.15) is 14.7 Å². The third-order valence-corrected chi connectivity index (χ3v) is 9.71. The molecule has 2 fully saturated rings. The van der Waals surface area contributed by atoms with Gasteiger partial charge in [0.2, 0.25) is 11.3 Å². The van der Waals surface area contributed by atoms with Crippen molar-refractivity contribution in [3.63, 3.8) is 0 Å². The van der Waals surface area contributed by atoms with Crippen molar-refractivity contribution >= 4 is 69.1 Å². The Morgan fingerprint density at radius 3 is 1.67 bits per heavy atom. The molecule has 0 saturated carbocycles. The third-order valence-electron chi connectivity index (χ3n) is 8.12. The molecular formula is C32H44N12O9S2. The lowest BCUT2D eigenvalue weighted by Crippen LogP contribution is -2.36. The van der Waals surface area contributed by atoms with Crippen molar-refractivity contribution < 1.29 is 33.1 Å². The standard InChI is InChI=1S/C16H22N6O5S.C16H22N6O4S/c1-16(2,3)27-15(23)20-6-5-10(9-20)18-12-7-13(28(4)26)21-14(19-12)11(8-17-21)22(24)25;1-16(2,3)26-15(23)20-6-5-10(9-20)18-12-7-13(27-4)21-14(19-12)11(8-17-21)22(24)25/h7-8,10H,5-6,9H2,1-4H3,(H,18,19);7-8,10H,5-6,9H2,1-4H3,(H,18,19)/t10-,28?;10-/m00/s1. The highest BCUT2D eigenvalue weighted by molar-refractivity contribution is 7.98. The Bertz CT molecular complexity index is 2130. The van der Waals surface area contributed by atoms with Crippen molar-refractivity contribution in [2.45, 2.75) is 87.7 Å². The van der Waals surface area contributed by atoms with Crippen molar-refractivity contribution in [1.82, 2.24) is 39.0 Å². The number of nitro groups is 2. The number of hydrogen-bond acceptors (Lipinski definition) is 16. The molecule has 1 unspecified atom stereocenters. The summed E-state index contributed by atoms with van der Waals surface area (Å²) in [7, 11) is -1.43. The van der Waals surface area contributed by atoms with E-state index in [0.717, 1.165) is 17.6 Å². The van der Waals surface area contributed by atoms with E-state index in [2.05, 4.69) is 30.8 Å². The molecule has 2 aliphatic rings. The van der Waals surface area contributed by atoms with E-state index >= 15 is 0 Å². The zero-order chi connectivity index (χ0) is 40.4. The van der Waals surface area contributed by atoms with Gasteiger partial charge in [0.15, 0.2) is 0 Å². The number of fused-ring (bicyclic) bond motifs is 2. The van der Waals surface area contributed by atoms with Gasteiger partial charge in [0.05, 0.1) is 20.6 Å². The molecule has 0 bridgehead atoms. The number of anilines is 2. The SMILES string of the molecule is CS(=O)c1cc(N[C@H]2CCN(C(=O)OC(C)(C)C)C2)nc2c([N+](=O)[O-])cnn12.CSc1cc(N[C@H]2CCN(C(=O)OC(C)(C)C)C2)nc2c([N+](=O)[O-])cnn12. The molecular weight excluding hydrogens is 761 g/mol. The lowest BCUT2D eigenvalue weighted by molar-refractivity contribution is -0.383. The van der Waals surface area contributed by atoms with Gasteiger partial charge < -0.3 is 29.9 Å². The predicted octanol–water partition coefficient (Wildman–Crippen LogP) is 4.58. The number of amides is 2. The lowest BCUT2D eigenvalue weighted by atomic mass is 10.2. The zero-order valence-electron chi connectivity index (χ0n) is 31.7. The van der Waals surface area contributed by atoms with Crippen LogP contribution in [0.2, 0.25) is 0 Å². The van der Waals surface area contributed by atoms with Gasteiger partial charge in [-0.05, 0) is 60.6 Å². The van der Waals surface area contributed by atoms with Crippen molar-refractivity contribution in [3.05, 3.63) is 44.8 Å². The number of nitrogens with zero attached hydrogens (tertiary/aromatic N) is 10. The molecule has 298 valence electrons. The smallest absolute Gasteiger partial charge is 0.410 e. The summed E-state index contributed by atoms with van der Waals surface area (Å²) in [6.07, 6.45) is 6.29. The zero-order valence-corrected chi connectivity index (χ0v) is 33.3. The number of aromatic nitrogens is 6. The minimum atomic E-state index is -1.43. The summed E-state index contributed by atoms with van der Waals surface area (Å²) in [5.74, 6) is 0.865. The Morgan fingerprint density at radius 1 is 0.818 bits per heavy atom. The quantitative estimate of drug-likeness (QED) is 0.107. The maximum Gasteiger partial charge on any atom is 0.410 e. The summed E-state index contributed by atoms with van der Waals surface area (Å²) in [6, 6.07) is 3.23. The number of nitrogens with one attached hydrogen (secondary N) is 2. The molecule has 4 aromatic rings. The van der Waals surface area contributed by atoms with Crippen LogP contribution in [0.3, 0.4) is 0 Å². The molecule has 55 heavy (non-hydrogen) atoms. The molecule has 2 saturated heterocycles. The van der Waals surface area contributed by atoms with Crippen LogP contribution in [0.5, 0.6) is 0 Å². The second kappa shape index (κ2) is 16.2. The Morgan fingerprint density at radius 2 is 1.25 bits per heavy atom. The molecule has 3 atom stereocenters. The first-order valence-corrected chi connectivity index (χ1v) is 19.9. The summed E-state index contributed by atoms with van der Waals surface area (Å²) >= 11 is 1.42. The average molecular weight is 805 g/mol. The van der Waals surface area contributed by atoms with Crippen LogP contribution in [0.4, 0.5) is 32.6 Å². The summed E-state index contributed by atoms with van der Waals surface area (Å²) < 4.78 is 25.5. The molecule has 0 aromatic carbocycles. The van der Waals surface area contributed by atoms with Gasteiger partial charge in [0, 0.05) is 56.7 Å². The fraction of sp³-hybridized carbons (Fsp3) is 0.562. The molecule has 0 aliphatic carbocycles. The lowest BCUT2D eigenvalue weighted by Gasteiger charge is -2.24. The van der Waals surface area contributed by atoms with Crippen LogP contribution in [0, 0.1) is 20.2 Å². The first kappa shape index (κ1) is 40.9. The van der Waals surface area contributed by atoms with Crippen LogP contribution in [0.15, 0.2) is 34.6 Å². The van der Waals surface area contributed by atoms with E-state index < -0.39 is 31.8 Å². The number of ether oxygens (including phenoxy) is 2. The van der Waals surface area contributed by atoms with Gasteiger partial charge in [-0.25, -0.2) is 24.1 Å². The van der Waals surface area contributed by atoms with E-state index in [1.807, 2.05) is 27.0 Å². The molecule has 4 aromatic heterocycles. The largest absolute Gasteiger partial charge is 0.444 e. The second-order valence-electron chi connectivity index (χ2n) is 14.8. The first-order chi connectivity index (χ1) is 25.7. The number of rotatable bonds is 8. The van der Waals surface area contributed by atoms with Gasteiger partial charge in [-0.1, -0.05) is 0 Å². The van der Waals surface area contributed by atoms with Gasteiger partial charge in [-0.3, -0.25) is 24.4 Å². The third kappa shape index (κ3) is 10.1. The summed E-state index contributed by atoms with van der Waals surface area (Å²) in [6.45, 7) is 12.9. The topological polar surface area (TPSA) is 247 Å². The summed E-state index contributed by atoms with van der Waals surface area (Å²) in [5.41, 5.74) is -1.31. The Hall–Kier alpha value is -5.32. The number of thioether (sulfide) groups is 1. The molecule has 6 heterocycles. The number of carbonyl (C=O) groups is 2. The van der Waals surface area contributed by atoms with E-state index in [0.29, 0.717) is 49.3 Å². The number of likely N-dealkylation sites (tertiary alicyclic amines) is 2. The van der Waals surface area contributed by atoms with Crippen LogP contribution < -0.4 is 10.6 Å². The highest BCUT2D eigenvalue weighted by atomic mass is 32.2. The normalized spacial score (nSPS) is 17.8. The van der Waals surface area contributed by atoms with E-state index in [-0.39, 0.29) is 46.9 Å². The van der Waals surface area contributed by atoms with Crippen molar-refractivity contribution in [1.29, 1.82) is 0 Å². The van der Waals surface area contributed by atoms with E-state index in [9.17, 15) is 34.0 Å². The minimum absolute atomic E-state index is 0.0100. The highest BCUT2D eigenvalue weighted by Crippen LogP contribution is 2.28. The highest BCUT2D eigenvalue weighted by Gasteiger charge is 2.32.